The summed E-state index contributed by atoms with van der Waals surface area (Å²) in [6, 6.07) is 8.22. The Balaban J connectivity index is 1.71. The van der Waals surface area contributed by atoms with Crippen LogP contribution in [0, 0.1) is 6.92 Å². The Morgan fingerprint density at radius 3 is 2.81 bits per heavy atom. The monoisotopic (exact) mass is 438 g/mol. The number of hydrogen-bond acceptors (Lipinski definition) is 4. The molecule has 1 aliphatic rings. The summed E-state index contributed by atoms with van der Waals surface area (Å²) in [7, 11) is 1.67. The number of aromatic nitrogens is 2. The van der Waals surface area contributed by atoms with Gasteiger partial charge in [-0.15, -0.1) is 11.3 Å². The maximum absolute atomic E-state index is 13.5. The number of benzene rings is 1. The predicted octanol–water partition coefficient (Wildman–Crippen LogP) is 4.48. The van der Waals surface area contributed by atoms with E-state index in [0.717, 1.165) is 70.4 Å². The molecule has 2 N–H and O–H groups in total. The average molecular weight is 439 g/mol. The normalized spacial score (nSPS) is 17.0. The number of hydrogen-bond donors (Lipinski definition) is 2. The SMILES string of the molecule is CCc1[nH]nc(C(=O)N2CCCCC[C@H]2Cc2c(C(=O)NC)sc3ccccc23)c1C. The third kappa shape index (κ3) is 4.11. The summed E-state index contributed by atoms with van der Waals surface area (Å²) in [5.74, 6) is -0.0557. The van der Waals surface area contributed by atoms with Crippen LogP contribution in [0.25, 0.3) is 10.1 Å². The number of H-pyrrole nitrogens is 1. The zero-order chi connectivity index (χ0) is 22.0. The lowest BCUT2D eigenvalue weighted by Gasteiger charge is -2.30. The van der Waals surface area contributed by atoms with Crippen LogP contribution in [0.4, 0.5) is 0 Å². The standard InChI is InChI=1S/C24H30N4O2S/c1-4-19-15(2)21(27-26-19)24(30)28-13-9-5-6-10-16(28)14-18-17-11-7-8-12-20(17)31-22(18)23(29)25-3/h7-8,11-12,16H,4-6,9-10,13-14H2,1-3H3,(H,25,29)(H,26,27)/t16-/m0/s1. The molecule has 0 saturated carbocycles. The van der Waals surface area contributed by atoms with Crippen molar-refractivity contribution >= 4 is 33.2 Å². The Bertz CT molecular complexity index is 1100. The Morgan fingerprint density at radius 1 is 1.26 bits per heavy atom. The number of likely N-dealkylation sites (tertiary alicyclic amines) is 1. The van der Waals surface area contributed by atoms with E-state index in [1.165, 1.54) is 11.3 Å². The van der Waals surface area contributed by atoms with Crippen molar-refractivity contribution in [1.29, 1.82) is 0 Å². The number of aryl methyl sites for hydroxylation is 1. The molecule has 2 amide bonds. The van der Waals surface area contributed by atoms with E-state index in [4.69, 9.17) is 0 Å². The van der Waals surface area contributed by atoms with E-state index >= 15 is 0 Å². The van der Waals surface area contributed by atoms with Gasteiger partial charge in [0.25, 0.3) is 11.8 Å². The number of nitrogens with one attached hydrogen (secondary N) is 2. The van der Waals surface area contributed by atoms with E-state index < -0.39 is 0 Å². The van der Waals surface area contributed by atoms with E-state index in [2.05, 4.69) is 34.6 Å². The number of amides is 2. The zero-order valence-electron chi connectivity index (χ0n) is 18.5. The molecule has 3 aromatic rings. The van der Waals surface area contributed by atoms with Crippen LogP contribution in [0.3, 0.4) is 0 Å². The molecule has 6 nitrogen and oxygen atoms in total. The molecular weight excluding hydrogens is 408 g/mol. The largest absolute Gasteiger partial charge is 0.354 e. The molecular formula is C24H30N4O2S. The Hall–Kier alpha value is -2.67. The van der Waals surface area contributed by atoms with E-state index in [1.54, 1.807) is 7.05 Å². The number of fused-ring (bicyclic) bond motifs is 1. The minimum absolute atomic E-state index is 0.00128. The summed E-state index contributed by atoms with van der Waals surface area (Å²) in [4.78, 5) is 28.9. The van der Waals surface area contributed by atoms with Crippen molar-refractivity contribution in [3.63, 3.8) is 0 Å². The van der Waals surface area contributed by atoms with Crippen LogP contribution in [0.5, 0.6) is 0 Å². The van der Waals surface area contributed by atoms with Crippen molar-refractivity contribution in [3.8, 4) is 0 Å². The summed E-state index contributed by atoms with van der Waals surface area (Å²) in [5, 5.41) is 11.3. The molecule has 0 aliphatic carbocycles. The van der Waals surface area contributed by atoms with Gasteiger partial charge >= 0.3 is 0 Å². The third-order valence-electron chi connectivity index (χ3n) is 6.38. The van der Waals surface area contributed by atoms with Crippen LogP contribution >= 0.6 is 11.3 Å². The fraction of sp³-hybridized carbons (Fsp3) is 0.458. The van der Waals surface area contributed by atoms with Gasteiger partial charge in [0.05, 0.1) is 4.88 Å². The van der Waals surface area contributed by atoms with Gasteiger partial charge in [0.2, 0.25) is 0 Å². The summed E-state index contributed by atoms with van der Waals surface area (Å²) in [6.07, 6.45) is 5.65. The number of aromatic amines is 1. The van der Waals surface area contributed by atoms with Crippen molar-refractivity contribution in [1.82, 2.24) is 20.4 Å². The van der Waals surface area contributed by atoms with Crippen molar-refractivity contribution < 1.29 is 9.59 Å². The summed E-state index contributed by atoms with van der Waals surface area (Å²) in [5.41, 5.74) is 3.55. The third-order valence-corrected chi connectivity index (χ3v) is 7.59. The first-order chi connectivity index (χ1) is 15.0. The molecule has 1 fully saturated rings. The van der Waals surface area contributed by atoms with E-state index in [9.17, 15) is 9.59 Å². The Labute approximate surface area is 187 Å². The van der Waals surface area contributed by atoms with Gasteiger partial charge in [0, 0.05) is 35.6 Å². The second-order valence-electron chi connectivity index (χ2n) is 8.22. The van der Waals surface area contributed by atoms with Gasteiger partial charge in [0.15, 0.2) is 5.69 Å². The zero-order valence-corrected chi connectivity index (χ0v) is 19.3. The molecule has 0 bridgehead atoms. The fourth-order valence-corrected chi connectivity index (χ4v) is 5.79. The number of carbonyl (C=O) groups is 2. The number of nitrogens with zero attached hydrogens (tertiary/aromatic N) is 2. The van der Waals surface area contributed by atoms with Crippen molar-refractivity contribution in [2.75, 3.05) is 13.6 Å². The van der Waals surface area contributed by atoms with Gasteiger partial charge < -0.3 is 10.2 Å². The van der Waals surface area contributed by atoms with Crippen LogP contribution in [0.2, 0.25) is 0 Å². The molecule has 0 radical (unpaired) electrons. The highest BCUT2D eigenvalue weighted by atomic mass is 32.1. The maximum atomic E-state index is 13.5. The molecule has 7 heteroatoms. The molecule has 3 heterocycles. The van der Waals surface area contributed by atoms with Gasteiger partial charge in [-0.05, 0) is 49.6 Å². The highest BCUT2D eigenvalue weighted by molar-refractivity contribution is 7.21. The molecule has 0 unspecified atom stereocenters. The first kappa shape index (κ1) is 21.6. The highest BCUT2D eigenvalue weighted by Gasteiger charge is 2.31. The fourth-order valence-electron chi connectivity index (χ4n) is 4.61. The molecule has 31 heavy (non-hydrogen) atoms. The molecule has 1 aromatic carbocycles. The highest BCUT2D eigenvalue weighted by Crippen LogP contribution is 2.34. The lowest BCUT2D eigenvalue weighted by atomic mass is 9.97. The van der Waals surface area contributed by atoms with Gasteiger partial charge in [-0.1, -0.05) is 38.0 Å². The Morgan fingerprint density at radius 2 is 2.06 bits per heavy atom. The molecule has 164 valence electrons. The number of rotatable bonds is 5. The quantitative estimate of drug-likeness (QED) is 0.616. The van der Waals surface area contributed by atoms with Crippen LogP contribution in [-0.4, -0.2) is 46.5 Å². The molecule has 0 spiro atoms. The van der Waals surface area contributed by atoms with Gasteiger partial charge in [-0.2, -0.15) is 5.10 Å². The van der Waals surface area contributed by atoms with Gasteiger partial charge in [-0.25, -0.2) is 0 Å². The first-order valence-corrected chi connectivity index (χ1v) is 11.9. The summed E-state index contributed by atoms with van der Waals surface area (Å²) >= 11 is 1.53. The van der Waals surface area contributed by atoms with Crippen molar-refractivity contribution in [2.24, 2.45) is 0 Å². The Kier molecular flexibility index (Phi) is 6.41. The topological polar surface area (TPSA) is 78.1 Å². The molecule has 1 aliphatic heterocycles. The maximum Gasteiger partial charge on any atom is 0.274 e. The van der Waals surface area contributed by atoms with E-state index in [-0.39, 0.29) is 17.9 Å². The molecule has 2 aromatic heterocycles. The molecule has 1 saturated heterocycles. The van der Waals surface area contributed by atoms with Crippen molar-refractivity contribution in [2.45, 2.75) is 58.4 Å². The van der Waals surface area contributed by atoms with Gasteiger partial charge in [0.1, 0.15) is 0 Å². The van der Waals surface area contributed by atoms with Crippen LogP contribution in [-0.2, 0) is 12.8 Å². The van der Waals surface area contributed by atoms with Gasteiger partial charge in [-0.3, -0.25) is 14.7 Å². The van der Waals surface area contributed by atoms with Crippen LogP contribution < -0.4 is 5.32 Å². The number of carbonyl (C=O) groups excluding carboxylic acids is 2. The predicted molar refractivity (Wildman–Crippen MR) is 125 cm³/mol. The van der Waals surface area contributed by atoms with Crippen LogP contribution in [0.1, 0.15) is 69.6 Å². The molecule has 1 atom stereocenters. The lowest BCUT2D eigenvalue weighted by Crippen LogP contribution is -2.42. The average Bonchev–Trinajstić information content (AvgIpc) is 3.25. The summed E-state index contributed by atoms with van der Waals surface area (Å²) in [6.45, 7) is 4.76. The smallest absolute Gasteiger partial charge is 0.274 e. The molecule has 4 rings (SSSR count). The number of thiophene rings is 1. The second kappa shape index (κ2) is 9.22. The second-order valence-corrected chi connectivity index (χ2v) is 9.27. The van der Waals surface area contributed by atoms with E-state index in [1.807, 2.05) is 24.0 Å². The summed E-state index contributed by atoms with van der Waals surface area (Å²) < 4.78 is 1.11. The lowest BCUT2D eigenvalue weighted by molar-refractivity contribution is 0.0675. The van der Waals surface area contributed by atoms with Crippen LogP contribution in [0.15, 0.2) is 24.3 Å². The van der Waals surface area contributed by atoms with Crippen molar-refractivity contribution in [3.05, 3.63) is 51.7 Å². The minimum atomic E-state index is -0.0570. The van der Waals surface area contributed by atoms with E-state index in [0.29, 0.717) is 12.1 Å². The first-order valence-electron chi connectivity index (χ1n) is 11.1. The minimum Gasteiger partial charge on any atom is -0.354 e.